The summed E-state index contributed by atoms with van der Waals surface area (Å²) in [5.41, 5.74) is 3.44. The largest absolute Gasteiger partial charge is 0.324 e. The Morgan fingerprint density at radius 2 is 1.81 bits per heavy atom. The monoisotopic (exact) mass is 351 g/mol. The van der Waals surface area contributed by atoms with Crippen LogP contribution in [0.5, 0.6) is 0 Å². The van der Waals surface area contributed by atoms with Crippen molar-refractivity contribution in [3.8, 4) is 11.3 Å². The molecule has 0 aliphatic heterocycles. The zero-order valence-corrected chi connectivity index (χ0v) is 14.5. The molecular weight excluding hydrogens is 333 g/mol. The Morgan fingerprint density at radius 1 is 1.08 bits per heavy atom. The molecule has 1 heterocycles. The highest BCUT2D eigenvalue weighted by atomic mass is 19.1. The lowest BCUT2D eigenvalue weighted by Crippen LogP contribution is -2.29. The van der Waals surface area contributed by atoms with Crippen LogP contribution in [0.15, 0.2) is 59.4 Å². The van der Waals surface area contributed by atoms with Gasteiger partial charge >= 0.3 is 0 Å². The van der Waals surface area contributed by atoms with Crippen molar-refractivity contribution in [2.24, 2.45) is 0 Å². The Labute approximate surface area is 150 Å². The Morgan fingerprint density at radius 3 is 2.54 bits per heavy atom. The third kappa shape index (κ3) is 4.03. The molecule has 0 saturated carbocycles. The minimum absolute atomic E-state index is 0.207. The second-order valence-corrected chi connectivity index (χ2v) is 6.09. The van der Waals surface area contributed by atoms with Gasteiger partial charge < -0.3 is 5.32 Å². The first kappa shape index (κ1) is 17.5. The summed E-state index contributed by atoms with van der Waals surface area (Å²) >= 11 is 0. The summed E-state index contributed by atoms with van der Waals surface area (Å²) < 4.78 is 14.2. The standard InChI is InChI=1S/C20H18FN3O2/c1-13-3-4-14(2)18(11-13)22-19(25)12-24-20(26)10-9-17(23-24)15-5-7-16(21)8-6-15/h3-11H,12H2,1-2H3,(H,22,25). The van der Waals surface area contributed by atoms with Crippen molar-refractivity contribution < 1.29 is 9.18 Å². The van der Waals surface area contributed by atoms with E-state index in [-0.39, 0.29) is 23.8 Å². The van der Waals surface area contributed by atoms with Crippen molar-refractivity contribution in [2.45, 2.75) is 20.4 Å². The number of rotatable bonds is 4. The number of anilines is 1. The Hall–Kier alpha value is -3.28. The maximum absolute atomic E-state index is 13.1. The fourth-order valence-corrected chi connectivity index (χ4v) is 2.53. The molecule has 0 atom stereocenters. The molecule has 132 valence electrons. The van der Waals surface area contributed by atoms with E-state index in [0.717, 1.165) is 15.8 Å². The SMILES string of the molecule is Cc1ccc(C)c(NC(=O)Cn2nc(-c3ccc(F)cc3)ccc2=O)c1. The first-order valence-corrected chi connectivity index (χ1v) is 8.13. The van der Waals surface area contributed by atoms with Gasteiger partial charge in [-0.1, -0.05) is 12.1 Å². The molecule has 1 N–H and O–H groups in total. The number of hydrogen-bond acceptors (Lipinski definition) is 3. The average Bonchev–Trinajstić information content (AvgIpc) is 2.61. The Bertz CT molecular complexity index is 1010. The van der Waals surface area contributed by atoms with Gasteiger partial charge in [0, 0.05) is 17.3 Å². The number of amides is 1. The Kier molecular flexibility index (Phi) is 4.93. The van der Waals surface area contributed by atoms with E-state index < -0.39 is 0 Å². The lowest BCUT2D eigenvalue weighted by Gasteiger charge is -2.11. The molecule has 0 radical (unpaired) electrons. The maximum atomic E-state index is 13.1. The van der Waals surface area contributed by atoms with E-state index in [1.54, 1.807) is 18.2 Å². The van der Waals surface area contributed by atoms with Gasteiger partial charge in [-0.15, -0.1) is 0 Å². The number of benzene rings is 2. The van der Waals surface area contributed by atoms with Crippen molar-refractivity contribution in [1.29, 1.82) is 0 Å². The molecule has 1 aromatic heterocycles. The number of carbonyl (C=O) groups excluding carboxylic acids is 1. The van der Waals surface area contributed by atoms with E-state index in [4.69, 9.17) is 0 Å². The molecule has 3 aromatic rings. The van der Waals surface area contributed by atoms with Crippen LogP contribution < -0.4 is 10.9 Å². The number of aryl methyl sites for hydroxylation is 2. The van der Waals surface area contributed by atoms with E-state index in [1.807, 2.05) is 32.0 Å². The summed E-state index contributed by atoms with van der Waals surface area (Å²) in [5, 5.41) is 7.02. The predicted octanol–water partition coefficient (Wildman–Crippen LogP) is 3.30. The van der Waals surface area contributed by atoms with Crippen molar-refractivity contribution in [3.05, 3.63) is 81.9 Å². The number of aromatic nitrogens is 2. The normalized spacial score (nSPS) is 10.6. The van der Waals surface area contributed by atoms with Gasteiger partial charge in [-0.2, -0.15) is 5.10 Å². The summed E-state index contributed by atoms with van der Waals surface area (Å²) in [6, 6.07) is 14.4. The molecule has 0 unspecified atom stereocenters. The molecule has 0 fully saturated rings. The predicted molar refractivity (Wildman–Crippen MR) is 98.4 cm³/mol. The first-order valence-electron chi connectivity index (χ1n) is 8.13. The molecule has 2 aromatic carbocycles. The summed E-state index contributed by atoms with van der Waals surface area (Å²) in [7, 11) is 0. The summed E-state index contributed by atoms with van der Waals surface area (Å²) in [4.78, 5) is 24.4. The van der Waals surface area contributed by atoms with Gasteiger partial charge in [-0.05, 0) is 61.4 Å². The van der Waals surface area contributed by atoms with Gasteiger partial charge in [0.2, 0.25) is 5.91 Å². The molecule has 0 saturated heterocycles. The van der Waals surface area contributed by atoms with Gasteiger partial charge in [0.05, 0.1) is 5.69 Å². The van der Waals surface area contributed by atoms with Crippen LogP contribution in [-0.2, 0) is 11.3 Å². The quantitative estimate of drug-likeness (QED) is 0.784. The van der Waals surface area contributed by atoms with Crippen LogP contribution >= 0.6 is 0 Å². The van der Waals surface area contributed by atoms with Crippen LogP contribution in [0.2, 0.25) is 0 Å². The molecule has 0 aliphatic carbocycles. The van der Waals surface area contributed by atoms with Gasteiger partial charge in [0.15, 0.2) is 0 Å². The van der Waals surface area contributed by atoms with Gasteiger partial charge in [-0.3, -0.25) is 9.59 Å². The highest BCUT2D eigenvalue weighted by Gasteiger charge is 2.10. The summed E-state index contributed by atoms with van der Waals surface area (Å²) in [6.07, 6.45) is 0. The molecule has 0 aliphatic rings. The van der Waals surface area contributed by atoms with Crippen LogP contribution in [-0.4, -0.2) is 15.7 Å². The highest BCUT2D eigenvalue weighted by Crippen LogP contribution is 2.17. The lowest BCUT2D eigenvalue weighted by molar-refractivity contribution is -0.117. The minimum atomic E-state index is -0.382. The molecule has 6 heteroatoms. The van der Waals surface area contributed by atoms with Crippen molar-refractivity contribution in [2.75, 3.05) is 5.32 Å². The van der Waals surface area contributed by atoms with Crippen LogP contribution in [0.25, 0.3) is 11.3 Å². The maximum Gasteiger partial charge on any atom is 0.267 e. The first-order chi connectivity index (χ1) is 12.4. The van der Waals surface area contributed by atoms with Crippen LogP contribution in [0.1, 0.15) is 11.1 Å². The number of halogens is 1. The van der Waals surface area contributed by atoms with E-state index in [1.165, 1.54) is 18.2 Å². The van der Waals surface area contributed by atoms with E-state index >= 15 is 0 Å². The van der Waals surface area contributed by atoms with Crippen molar-refractivity contribution in [1.82, 2.24) is 9.78 Å². The van der Waals surface area contributed by atoms with E-state index in [2.05, 4.69) is 10.4 Å². The third-order valence-corrected chi connectivity index (χ3v) is 3.97. The zero-order chi connectivity index (χ0) is 18.7. The second-order valence-electron chi connectivity index (χ2n) is 6.09. The van der Waals surface area contributed by atoms with Crippen LogP contribution in [0, 0.1) is 19.7 Å². The molecule has 0 spiro atoms. The number of nitrogens with zero attached hydrogens (tertiary/aromatic N) is 2. The van der Waals surface area contributed by atoms with Gasteiger partial charge in [-0.25, -0.2) is 9.07 Å². The minimum Gasteiger partial charge on any atom is -0.324 e. The zero-order valence-electron chi connectivity index (χ0n) is 14.5. The topological polar surface area (TPSA) is 64.0 Å². The summed E-state index contributed by atoms with van der Waals surface area (Å²) in [5.74, 6) is -0.695. The molecular formula is C20H18FN3O2. The fourth-order valence-electron chi connectivity index (χ4n) is 2.53. The molecule has 0 bridgehead atoms. The number of hydrogen-bond donors (Lipinski definition) is 1. The molecule has 3 rings (SSSR count). The summed E-state index contributed by atoms with van der Waals surface area (Å²) in [6.45, 7) is 3.63. The Balaban J connectivity index is 1.81. The van der Waals surface area contributed by atoms with Crippen LogP contribution in [0.4, 0.5) is 10.1 Å². The third-order valence-electron chi connectivity index (χ3n) is 3.97. The van der Waals surface area contributed by atoms with E-state index in [0.29, 0.717) is 16.9 Å². The molecule has 26 heavy (non-hydrogen) atoms. The van der Waals surface area contributed by atoms with Crippen molar-refractivity contribution in [3.63, 3.8) is 0 Å². The number of carbonyl (C=O) groups is 1. The molecule has 5 nitrogen and oxygen atoms in total. The smallest absolute Gasteiger partial charge is 0.267 e. The van der Waals surface area contributed by atoms with Crippen LogP contribution in [0.3, 0.4) is 0 Å². The van der Waals surface area contributed by atoms with Crippen molar-refractivity contribution >= 4 is 11.6 Å². The lowest BCUT2D eigenvalue weighted by atomic mass is 10.1. The molecule has 1 amide bonds. The highest BCUT2D eigenvalue weighted by molar-refractivity contribution is 5.91. The van der Waals surface area contributed by atoms with Gasteiger partial charge in [0.1, 0.15) is 12.4 Å². The number of nitrogens with one attached hydrogen (secondary N) is 1. The fraction of sp³-hybridized carbons (Fsp3) is 0.150. The van der Waals surface area contributed by atoms with Gasteiger partial charge in [0.25, 0.3) is 5.56 Å². The van der Waals surface area contributed by atoms with E-state index in [9.17, 15) is 14.0 Å². The second kappa shape index (κ2) is 7.31. The average molecular weight is 351 g/mol.